The van der Waals surface area contributed by atoms with Crippen molar-refractivity contribution in [3.63, 3.8) is 0 Å². The van der Waals surface area contributed by atoms with E-state index < -0.39 is 5.60 Å². The molecule has 5 heteroatoms. The van der Waals surface area contributed by atoms with E-state index in [0.29, 0.717) is 45.5 Å². The number of aliphatic hydroxyl groups is 1. The number of hydrogen-bond donors (Lipinski definition) is 1. The molecule has 0 spiro atoms. The Hall–Kier alpha value is -0.650. The molecule has 0 aromatic heterocycles. The molecule has 2 aliphatic rings. The van der Waals surface area contributed by atoms with Crippen molar-refractivity contribution >= 4 is 5.97 Å². The Balaban J connectivity index is 1.65. The van der Waals surface area contributed by atoms with Gasteiger partial charge in [-0.05, 0) is 51.9 Å². The van der Waals surface area contributed by atoms with Crippen LogP contribution in [0.15, 0.2) is 0 Å². The first-order valence-electron chi connectivity index (χ1n) is 8.21. The lowest BCUT2D eigenvalue weighted by Crippen LogP contribution is -2.41. The number of carbonyl (C=O) groups is 1. The van der Waals surface area contributed by atoms with Crippen molar-refractivity contribution in [2.24, 2.45) is 5.92 Å². The van der Waals surface area contributed by atoms with Crippen LogP contribution in [0.25, 0.3) is 0 Å². The molecule has 1 saturated carbocycles. The van der Waals surface area contributed by atoms with E-state index in [1.807, 2.05) is 6.92 Å². The van der Waals surface area contributed by atoms with Crippen LogP contribution >= 0.6 is 0 Å². The second-order valence-electron chi connectivity index (χ2n) is 6.25. The van der Waals surface area contributed by atoms with E-state index in [1.165, 1.54) is 6.42 Å². The van der Waals surface area contributed by atoms with Crippen LogP contribution in [0.1, 0.15) is 51.9 Å². The SMILES string of the molecule is CCOC(=O)C1CCC(O)(COCC2CCCCO2)CC1. The standard InChI is InChI=1S/C16H28O5/c1-2-20-15(17)13-6-8-16(18,9-7-13)12-19-11-14-5-3-4-10-21-14/h13-14,18H,2-12H2,1H3. The molecular formula is C16H28O5. The minimum absolute atomic E-state index is 0.0631. The van der Waals surface area contributed by atoms with Gasteiger partial charge in [0.25, 0.3) is 0 Å². The molecule has 21 heavy (non-hydrogen) atoms. The highest BCUT2D eigenvalue weighted by Crippen LogP contribution is 2.33. The third-order valence-electron chi connectivity index (χ3n) is 4.48. The van der Waals surface area contributed by atoms with E-state index in [2.05, 4.69) is 0 Å². The summed E-state index contributed by atoms with van der Waals surface area (Å²) in [4.78, 5) is 11.7. The maximum atomic E-state index is 11.7. The lowest BCUT2D eigenvalue weighted by Gasteiger charge is -2.35. The van der Waals surface area contributed by atoms with E-state index >= 15 is 0 Å². The monoisotopic (exact) mass is 300 g/mol. The number of hydrogen-bond acceptors (Lipinski definition) is 5. The van der Waals surface area contributed by atoms with Gasteiger partial charge in [-0.2, -0.15) is 0 Å². The van der Waals surface area contributed by atoms with Crippen molar-refractivity contribution in [1.82, 2.24) is 0 Å². The summed E-state index contributed by atoms with van der Waals surface area (Å²) in [6.07, 6.45) is 6.11. The summed E-state index contributed by atoms with van der Waals surface area (Å²) in [6.45, 7) is 3.95. The summed E-state index contributed by atoms with van der Waals surface area (Å²) >= 11 is 0. The van der Waals surface area contributed by atoms with Gasteiger partial charge in [-0.3, -0.25) is 4.79 Å². The summed E-state index contributed by atoms with van der Waals surface area (Å²) in [7, 11) is 0. The second-order valence-corrected chi connectivity index (χ2v) is 6.25. The zero-order valence-corrected chi connectivity index (χ0v) is 13.0. The quantitative estimate of drug-likeness (QED) is 0.761. The second kappa shape index (κ2) is 8.11. The fraction of sp³-hybridized carbons (Fsp3) is 0.938. The Kier molecular flexibility index (Phi) is 6.45. The third kappa shape index (κ3) is 5.24. The molecule has 0 radical (unpaired) electrons. The largest absolute Gasteiger partial charge is 0.466 e. The van der Waals surface area contributed by atoms with Gasteiger partial charge >= 0.3 is 5.97 Å². The summed E-state index contributed by atoms with van der Waals surface area (Å²) < 4.78 is 16.3. The molecule has 1 aliphatic heterocycles. The van der Waals surface area contributed by atoms with Gasteiger partial charge in [0.1, 0.15) is 0 Å². The van der Waals surface area contributed by atoms with E-state index in [9.17, 15) is 9.90 Å². The molecule has 2 rings (SSSR count). The van der Waals surface area contributed by atoms with Crippen LogP contribution in [0, 0.1) is 5.92 Å². The van der Waals surface area contributed by atoms with E-state index in [0.717, 1.165) is 19.4 Å². The lowest BCUT2D eigenvalue weighted by molar-refractivity contribution is -0.153. The topological polar surface area (TPSA) is 65.0 Å². The molecule has 1 unspecified atom stereocenters. The van der Waals surface area contributed by atoms with Crippen LogP contribution in [-0.2, 0) is 19.0 Å². The van der Waals surface area contributed by atoms with Gasteiger partial charge in [0.05, 0.1) is 37.4 Å². The van der Waals surface area contributed by atoms with Crippen molar-refractivity contribution in [2.75, 3.05) is 26.4 Å². The number of carbonyl (C=O) groups excluding carboxylic acids is 1. The van der Waals surface area contributed by atoms with E-state index in [1.54, 1.807) is 0 Å². The first kappa shape index (κ1) is 16.7. The highest BCUT2D eigenvalue weighted by atomic mass is 16.5. The molecular weight excluding hydrogens is 272 g/mol. The van der Waals surface area contributed by atoms with Crippen molar-refractivity contribution < 1.29 is 24.1 Å². The minimum Gasteiger partial charge on any atom is -0.466 e. The average Bonchev–Trinajstić information content (AvgIpc) is 2.49. The van der Waals surface area contributed by atoms with Gasteiger partial charge in [-0.1, -0.05) is 0 Å². The zero-order chi connectivity index (χ0) is 15.1. The van der Waals surface area contributed by atoms with Crippen LogP contribution in [0.4, 0.5) is 0 Å². The molecule has 1 saturated heterocycles. The van der Waals surface area contributed by atoms with Crippen LogP contribution in [-0.4, -0.2) is 49.2 Å². The molecule has 1 atom stereocenters. The fourth-order valence-corrected chi connectivity index (χ4v) is 3.11. The van der Waals surface area contributed by atoms with E-state index in [4.69, 9.17) is 14.2 Å². The predicted molar refractivity (Wildman–Crippen MR) is 78.0 cm³/mol. The Bertz CT molecular complexity index is 317. The third-order valence-corrected chi connectivity index (χ3v) is 4.48. The molecule has 1 heterocycles. The lowest BCUT2D eigenvalue weighted by atomic mass is 9.79. The minimum atomic E-state index is -0.794. The van der Waals surface area contributed by atoms with Crippen molar-refractivity contribution in [1.29, 1.82) is 0 Å². The first-order valence-corrected chi connectivity index (χ1v) is 8.21. The Morgan fingerprint density at radius 2 is 2.05 bits per heavy atom. The van der Waals surface area contributed by atoms with Crippen LogP contribution in [0.3, 0.4) is 0 Å². The first-order chi connectivity index (χ1) is 10.1. The molecule has 0 aromatic rings. The van der Waals surface area contributed by atoms with Gasteiger partial charge < -0.3 is 19.3 Å². The molecule has 0 aromatic carbocycles. The highest BCUT2D eigenvalue weighted by Gasteiger charge is 2.36. The Morgan fingerprint density at radius 3 is 2.67 bits per heavy atom. The Labute approximate surface area is 126 Å². The summed E-state index contributed by atoms with van der Waals surface area (Å²) in [5.74, 6) is -0.192. The molecule has 2 fully saturated rings. The number of ether oxygens (including phenoxy) is 3. The highest BCUT2D eigenvalue weighted by molar-refractivity contribution is 5.72. The molecule has 5 nitrogen and oxygen atoms in total. The maximum Gasteiger partial charge on any atom is 0.308 e. The van der Waals surface area contributed by atoms with Crippen LogP contribution in [0.2, 0.25) is 0 Å². The normalized spacial score (nSPS) is 33.6. The van der Waals surface area contributed by atoms with Crippen molar-refractivity contribution in [3.05, 3.63) is 0 Å². The number of rotatable bonds is 6. The van der Waals surface area contributed by atoms with Gasteiger partial charge in [0, 0.05) is 6.61 Å². The molecule has 0 amide bonds. The van der Waals surface area contributed by atoms with Crippen LogP contribution < -0.4 is 0 Å². The maximum absolute atomic E-state index is 11.7. The predicted octanol–water partition coefficient (Wildman–Crippen LogP) is 2.06. The molecule has 122 valence electrons. The van der Waals surface area contributed by atoms with Crippen molar-refractivity contribution in [2.45, 2.75) is 63.6 Å². The zero-order valence-electron chi connectivity index (χ0n) is 13.0. The van der Waals surface area contributed by atoms with Crippen LogP contribution in [0.5, 0.6) is 0 Å². The fourth-order valence-electron chi connectivity index (χ4n) is 3.11. The number of esters is 1. The smallest absolute Gasteiger partial charge is 0.308 e. The van der Waals surface area contributed by atoms with Crippen molar-refractivity contribution in [3.8, 4) is 0 Å². The molecule has 1 N–H and O–H groups in total. The van der Waals surface area contributed by atoms with Gasteiger partial charge in [0.2, 0.25) is 0 Å². The van der Waals surface area contributed by atoms with Gasteiger partial charge in [-0.25, -0.2) is 0 Å². The summed E-state index contributed by atoms with van der Waals surface area (Å²) in [5, 5.41) is 10.5. The Morgan fingerprint density at radius 1 is 1.29 bits per heavy atom. The van der Waals surface area contributed by atoms with Gasteiger partial charge in [0.15, 0.2) is 0 Å². The molecule has 0 bridgehead atoms. The summed E-state index contributed by atoms with van der Waals surface area (Å²) in [6, 6.07) is 0. The van der Waals surface area contributed by atoms with E-state index in [-0.39, 0.29) is 18.0 Å². The average molecular weight is 300 g/mol. The van der Waals surface area contributed by atoms with Gasteiger partial charge in [-0.15, -0.1) is 0 Å². The summed E-state index contributed by atoms with van der Waals surface area (Å²) in [5.41, 5.74) is -0.794. The molecule has 1 aliphatic carbocycles.